The highest BCUT2D eigenvalue weighted by molar-refractivity contribution is 6.30. The molecule has 1 saturated carbocycles. The van der Waals surface area contributed by atoms with Crippen LogP contribution in [0.5, 0.6) is 0 Å². The average Bonchev–Trinajstić information content (AvgIpc) is 2.99. The Labute approximate surface area is 99.9 Å². The number of nitrogens with one attached hydrogen (secondary N) is 1. The van der Waals surface area contributed by atoms with Gasteiger partial charge in [-0.05, 0) is 42.4 Å². The van der Waals surface area contributed by atoms with Crippen LogP contribution in [-0.2, 0) is 6.42 Å². The van der Waals surface area contributed by atoms with Crippen LogP contribution in [0, 0.1) is 11.2 Å². The molecule has 0 spiro atoms. The predicted molar refractivity (Wildman–Crippen MR) is 63.6 cm³/mol. The van der Waals surface area contributed by atoms with Crippen LogP contribution in [0.3, 0.4) is 0 Å². The maximum atomic E-state index is 13.3. The lowest BCUT2D eigenvalue weighted by molar-refractivity contribution is 0.359. The van der Waals surface area contributed by atoms with E-state index in [4.69, 9.17) is 17.4 Å². The smallest absolute Gasteiger partial charge is 0.142 e. The maximum Gasteiger partial charge on any atom is 0.142 e. The van der Waals surface area contributed by atoms with E-state index in [2.05, 4.69) is 12.3 Å². The first-order valence-corrected chi connectivity index (χ1v) is 5.83. The second kappa shape index (κ2) is 4.32. The molecular weight excluding hydrogens is 227 g/mol. The molecule has 1 unspecified atom stereocenters. The van der Waals surface area contributed by atoms with Gasteiger partial charge >= 0.3 is 0 Å². The zero-order valence-corrected chi connectivity index (χ0v) is 10.0. The molecule has 3 N–H and O–H groups in total. The summed E-state index contributed by atoms with van der Waals surface area (Å²) in [5.74, 6) is 5.18. The molecule has 2 rings (SSSR count). The quantitative estimate of drug-likeness (QED) is 0.629. The zero-order valence-electron chi connectivity index (χ0n) is 9.26. The third-order valence-corrected chi connectivity index (χ3v) is 3.81. The number of halogens is 2. The number of benzene rings is 1. The number of rotatable bonds is 4. The zero-order chi connectivity index (χ0) is 11.8. The van der Waals surface area contributed by atoms with Gasteiger partial charge in [-0.3, -0.25) is 11.3 Å². The van der Waals surface area contributed by atoms with E-state index < -0.39 is 0 Å². The molecule has 4 heteroatoms. The molecule has 1 fully saturated rings. The normalized spacial score (nSPS) is 19.5. The first-order chi connectivity index (χ1) is 7.55. The van der Waals surface area contributed by atoms with Gasteiger partial charge in [0, 0.05) is 6.04 Å². The summed E-state index contributed by atoms with van der Waals surface area (Å²) in [5.41, 5.74) is 4.03. The van der Waals surface area contributed by atoms with Crippen LogP contribution in [-0.4, -0.2) is 6.04 Å². The minimum absolute atomic E-state index is 0.165. The maximum absolute atomic E-state index is 13.3. The van der Waals surface area contributed by atoms with Gasteiger partial charge < -0.3 is 0 Å². The Hall–Kier alpha value is -0.640. The van der Waals surface area contributed by atoms with E-state index in [-0.39, 0.29) is 22.3 Å². The second-order valence-electron chi connectivity index (χ2n) is 4.83. The fourth-order valence-corrected chi connectivity index (χ4v) is 2.07. The SMILES string of the molecule is CC1(C(Cc2ccc(Cl)c(F)c2)NN)CC1. The van der Waals surface area contributed by atoms with Crippen molar-refractivity contribution in [2.75, 3.05) is 0 Å². The molecular formula is C12H16ClFN2. The van der Waals surface area contributed by atoms with Crippen molar-refractivity contribution in [3.05, 3.63) is 34.6 Å². The second-order valence-corrected chi connectivity index (χ2v) is 5.23. The lowest BCUT2D eigenvalue weighted by atomic mass is 9.93. The van der Waals surface area contributed by atoms with Crippen LogP contribution in [0.4, 0.5) is 4.39 Å². The standard InChI is InChI=1S/C12H16ClFN2/c1-12(4-5-12)11(16-15)7-8-2-3-9(13)10(14)6-8/h2-3,6,11,16H,4-5,7,15H2,1H3. The molecule has 0 aromatic heterocycles. The predicted octanol–water partition coefficient (Wildman–Crippen LogP) is 2.65. The van der Waals surface area contributed by atoms with Crippen LogP contribution in [0.1, 0.15) is 25.3 Å². The number of nitrogens with two attached hydrogens (primary N) is 1. The molecule has 0 saturated heterocycles. The van der Waals surface area contributed by atoms with E-state index in [1.165, 1.54) is 18.9 Å². The van der Waals surface area contributed by atoms with Gasteiger partial charge in [0.2, 0.25) is 0 Å². The van der Waals surface area contributed by atoms with Crippen molar-refractivity contribution in [1.82, 2.24) is 5.43 Å². The van der Waals surface area contributed by atoms with E-state index in [1.54, 1.807) is 6.07 Å². The van der Waals surface area contributed by atoms with Crippen molar-refractivity contribution in [3.8, 4) is 0 Å². The van der Waals surface area contributed by atoms with Crippen LogP contribution in [0.25, 0.3) is 0 Å². The van der Waals surface area contributed by atoms with E-state index >= 15 is 0 Å². The molecule has 0 radical (unpaired) electrons. The number of hydrogen-bond donors (Lipinski definition) is 2. The molecule has 1 aliphatic rings. The largest absolute Gasteiger partial charge is 0.271 e. The molecule has 2 nitrogen and oxygen atoms in total. The highest BCUT2D eigenvalue weighted by Crippen LogP contribution is 2.48. The Bertz CT molecular complexity index is 391. The fourth-order valence-electron chi connectivity index (χ4n) is 1.95. The highest BCUT2D eigenvalue weighted by Gasteiger charge is 2.44. The van der Waals surface area contributed by atoms with E-state index in [1.807, 2.05) is 6.07 Å². The molecule has 1 atom stereocenters. The molecule has 1 aromatic carbocycles. The minimum atomic E-state index is -0.365. The van der Waals surface area contributed by atoms with E-state index in [9.17, 15) is 4.39 Å². The topological polar surface area (TPSA) is 38.0 Å². The first kappa shape index (κ1) is 11.8. The van der Waals surface area contributed by atoms with Gasteiger partial charge in [-0.15, -0.1) is 0 Å². The Morgan fingerprint density at radius 2 is 2.25 bits per heavy atom. The summed E-state index contributed by atoms with van der Waals surface area (Å²) in [6.07, 6.45) is 3.09. The Balaban J connectivity index is 2.10. The van der Waals surface area contributed by atoms with Crippen molar-refractivity contribution < 1.29 is 4.39 Å². The lowest BCUT2D eigenvalue weighted by Gasteiger charge is -2.22. The van der Waals surface area contributed by atoms with Gasteiger partial charge in [-0.1, -0.05) is 24.6 Å². The van der Waals surface area contributed by atoms with Crippen molar-refractivity contribution in [3.63, 3.8) is 0 Å². The lowest BCUT2D eigenvalue weighted by Crippen LogP contribution is -2.42. The summed E-state index contributed by atoms with van der Waals surface area (Å²) in [7, 11) is 0. The van der Waals surface area contributed by atoms with Gasteiger partial charge in [0.1, 0.15) is 5.82 Å². The summed E-state index contributed by atoms with van der Waals surface area (Å²) < 4.78 is 13.3. The average molecular weight is 243 g/mol. The van der Waals surface area contributed by atoms with E-state index in [0.29, 0.717) is 0 Å². The fraction of sp³-hybridized carbons (Fsp3) is 0.500. The molecule has 16 heavy (non-hydrogen) atoms. The van der Waals surface area contributed by atoms with E-state index in [0.717, 1.165) is 12.0 Å². The number of hydrazine groups is 1. The minimum Gasteiger partial charge on any atom is -0.271 e. The molecule has 0 bridgehead atoms. The third-order valence-electron chi connectivity index (χ3n) is 3.50. The van der Waals surface area contributed by atoms with Crippen LogP contribution < -0.4 is 11.3 Å². The summed E-state index contributed by atoms with van der Waals surface area (Å²) in [5, 5.41) is 0.165. The Kier molecular flexibility index (Phi) is 3.19. The van der Waals surface area contributed by atoms with Crippen molar-refractivity contribution in [1.29, 1.82) is 0 Å². The van der Waals surface area contributed by atoms with Gasteiger partial charge in [-0.2, -0.15) is 0 Å². The van der Waals surface area contributed by atoms with Gasteiger partial charge in [0.15, 0.2) is 0 Å². The highest BCUT2D eigenvalue weighted by atomic mass is 35.5. The first-order valence-electron chi connectivity index (χ1n) is 5.45. The Morgan fingerprint density at radius 3 is 2.75 bits per heavy atom. The van der Waals surface area contributed by atoms with Crippen LogP contribution in [0.15, 0.2) is 18.2 Å². The Morgan fingerprint density at radius 1 is 1.56 bits per heavy atom. The summed E-state index contributed by atoms with van der Waals surface area (Å²) in [4.78, 5) is 0. The van der Waals surface area contributed by atoms with Crippen molar-refractivity contribution >= 4 is 11.6 Å². The molecule has 0 aliphatic heterocycles. The monoisotopic (exact) mass is 242 g/mol. The van der Waals surface area contributed by atoms with Crippen molar-refractivity contribution in [2.45, 2.75) is 32.2 Å². The summed E-state index contributed by atoms with van der Waals surface area (Å²) in [6.45, 7) is 2.20. The molecule has 1 aromatic rings. The van der Waals surface area contributed by atoms with Crippen LogP contribution in [0.2, 0.25) is 5.02 Å². The van der Waals surface area contributed by atoms with Crippen LogP contribution >= 0.6 is 11.6 Å². The molecule has 0 amide bonds. The van der Waals surface area contributed by atoms with Gasteiger partial charge in [-0.25, -0.2) is 4.39 Å². The van der Waals surface area contributed by atoms with Gasteiger partial charge in [0.25, 0.3) is 0 Å². The van der Waals surface area contributed by atoms with Gasteiger partial charge in [0.05, 0.1) is 5.02 Å². The molecule has 1 aliphatic carbocycles. The molecule has 0 heterocycles. The molecule has 88 valence electrons. The third kappa shape index (κ3) is 2.37. The number of hydrogen-bond acceptors (Lipinski definition) is 2. The summed E-state index contributed by atoms with van der Waals surface area (Å²) in [6, 6.07) is 5.13. The summed E-state index contributed by atoms with van der Waals surface area (Å²) >= 11 is 5.64. The van der Waals surface area contributed by atoms with Crippen molar-refractivity contribution in [2.24, 2.45) is 11.3 Å².